The van der Waals surface area contributed by atoms with Crippen molar-refractivity contribution in [3.8, 4) is 11.1 Å². The molecule has 0 unspecified atom stereocenters. The van der Waals surface area contributed by atoms with Crippen molar-refractivity contribution in [3.05, 3.63) is 83.3 Å². The molecule has 0 saturated heterocycles. The second kappa shape index (κ2) is 6.49. The average Bonchev–Trinajstić information content (AvgIpc) is 2.65. The van der Waals surface area contributed by atoms with Gasteiger partial charge in [-0.3, -0.25) is 4.98 Å². The summed E-state index contributed by atoms with van der Waals surface area (Å²) in [6, 6.07) is 17.8. The molecule has 0 fully saturated rings. The maximum absolute atomic E-state index is 6.08. The molecular formula is C20H15ClN4. The highest BCUT2D eigenvalue weighted by Gasteiger charge is 2.13. The standard InChI is InChI=1S/C20H15ClN4/c21-15-6-4-14(5-7-15)16-2-1-3-17-19(16)18(24-25-20(17)22)12-13-8-10-23-11-9-13/h1-11H,12H2,(H2,22,25). The first-order valence-electron chi connectivity index (χ1n) is 7.91. The number of hydrogen-bond acceptors (Lipinski definition) is 4. The number of hydrogen-bond donors (Lipinski definition) is 1. The Hall–Kier alpha value is -2.98. The van der Waals surface area contributed by atoms with Crippen molar-refractivity contribution < 1.29 is 0 Å². The fraction of sp³-hybridized carbons (Fsp3) is 0.0500. The summed E-state index contributed by atoms with van der Waals surface area (Å²) in [7, 11) is 0. The summed E-state index contributed by atoms with van der Waals surface area (Å²) >= 11 is 6.03. The van der Waals surface area contributed by atoms with Crippen LogP contribution in [0.3, 0.4) is 0 Å². The van der Waals surface area contributed by atoms with Crippen LogP contribution < -0.4 is 5.73 Å². The lowest BCUT2D eigenvalue weighted by atomic mass is 9.95. The predicted molar refractivity (Wildman–Crippen MR) is 101 cm³/mol. The Balaban J connectivity index is 1.94. The van der Waals surface area contributed by atoms with Crippen LogP contribution >= 0.6 is 11.6 Å². The highest BCUT2D eigenvalue weighted by molar-refractivity contribution is 6.30. The number of fused-ring (bicyclic) bond motifs is 1. The second-order valence-corrected chi connectivity index (χ2v) is 6.24. The first-order chi connectivity index (χ1) is 12.2. The van der Waals surface area contributed by atoms with Gasteiger partial charge in [-0.05, 0) is 41.0 Å². The molecule has 2 heterocycles. The minimum absolute atomic E-state index is 0.435. The van der Waals surface area contributed by atoms with Crippen LogP contribution in [0.25, 0.3) is 21.9 Å². The van der Waals surface area contributed by atoms with Crippen LogP contribution in [0.4, 0.5) is 5.82 Å². The molecule has 0 spiro atoms. The first-order valence-corrected chi connectivity index (χ1v) is 8.29. The Bertz CT molecular complexity index is 1030. The largest absolute Gasteiger partial charge is 0.382 e. The highest BCUT2D eigenvalue weighted by atomic mass is 35.5. The van der Waals surface area contributed by atoms with Crippen LogP contribution in [0, 0.1) is 0 Å². The molecule has 0 atom stereocenters. The van der Waals surface area contributed by atoms with Crippen molar-refractivity contribution in [2.45, 2.75) is 6.42 Å². The third-order valence-electron chi connectivity index (χ3n) is 4.18. The van der Waals surface area contributed by atoms with Crippen molar-refractivity contribution in [2.75, 3.05) is 5.73 Å². The molecule has 2 N–H and O–H groups in total. The number of nitrogens with zero attached hydrogens (tertiary/aromatic N) is 3. The minimum atomic E-state index is 0.435. The Morgan fingerprint density at radius 3 is 2.40 bits per heavy atom. The third-order valence-corrected chi connectivity index (χ3v) is 4.44. The summed E-state index contributed by atoms with van der Waals surface area (Å²) < 4.78 is 0. The smallest absolute Gasteiger partial charge is 0.154 e. The van der Waals surface area contributed by atoms with Gasteiger partial charge in [-0.25, -0.2) is 0 Å². The van der Waals surface area contributed by atoms with Crippen LogP contribution in [-0.4, -0.2) is 15.2 Å². The van der Waals surface area contributed by atoms with Crippen molar-refractivity contribution in [2.24, 2.45) is 0 Å². The maximum Gasteiger partial charge on any atom is 0.154 e. The van der Waals surface area contributed by atoms with Crippen LogP contribution in [0.2, 0.25) is 5.02 Å². The molecule has 2 aromatic carbocycles. The molecule has 4 aromatic rings. The maximum atomic E-state index is 6.08. The molecule has 4 rings (SSSR count). The Morgan fingerprint density at radius 2 is 1.64 bits per heavy atom. The molecule has 25 heavy (non-hydrogen) atoms. The van der Waals surface area contributed by atoms with Crippen LogP contribution in [0.1, 0.15) is 11.3 Å². The zero-order valence-electron chi connectivity index (χ0n) is 13.4. The number of benzene rings is 2. The van der Waals surface area contributed by atoms with E-state index in [0.29, 0.717) is 17.3 Å². The van der Waals surface area contributed by atoms with Gasteiger partial charge in [-0.15, -0.1) is 5.10 Å². The van der Waals surface area contributed by atoms with Crippen LogP contribution in [0.5, 0.6) is 0 Å². The van der Waals surface area contributed by atoms with Gasteiger partial charge in [-0.2, -0.15) is 5.10 Å². The third kappa shape index (κ3) is 3.04. The SMILES string of the molecule is Nc1nnc(Cc2ccncc2)c2c(-c3ccc(Cl)cc3)cccc12. The number of anilines is 1. The molecule has 0 amide bonds. The van der Waals surface area contributed by atoms with Gasteiger partial charge >= 0.3 is 0 Å². The van der Waals surface area contributed by atoms with Gasteiger partial charge in [0.25, 0.3) is 0 Å². The summed E-state index contributed by atoms with van der Waals surface area (Å²) in [5, 5.41) is 11.2. The van der Waals surface area contributed by atoms with Crippen molar-refractivity contribution in [3.63, 3.8) is 0 Å². The number of nitrogens with two attached hydrogens (primary N) is 1. The van der Waals surface area contributed by atoms with E-state index in [0.717, 1.165) is 33.2 Å². The molecule has 0 aliphatic heterocycles. The lowest BCUT2D eigenvalue weighted by Crippen LogP contribution is -2.02. The molecule has 4 nitrogen and oxygen atoms in total. The van der Waals surface area contributed by atoms with E-state index in [1.807, 2.05) is 48.5 Å². The number of rotatable bonds is 3. The van der Waals surface area contributed by atoms with Crippen molar-refractivity contribution in [1.82, 2.24) is 15.2 Å². The quantitative estimate of drug-likeness (QED) is 0.592. The van der Waals surface area contributed by atoms with E-state index < -0.39 is 0 Å². The lowest BCUT2D eigenvalue weighted by Gasteiger charge is -2.12. The molecule has 0 aliphatic carbocycles. The molecular weight excluding hydrogens is 332 g/mol. The predicted octanol–water partition coefficient (Wildman–Crippen LogP) is 4.52. The Morgan fingerprint density at radius 1 is 0.880 bits per heavy atom. The fourth-order valence-electron chi connectivity index (χ4n) is 2.98. The summed E-state index contributed by atoms with van der Waals surface area (Å²) in [6.45, 7) is 0. The van der Waals surface area contributed by atoms with Gasteiger partial charge in [0.2, 0.25) is 0 Å². The molecule has 0 aliphatic rings. The summed E-state index contributed by atoms with van der Waals surface area (Å²) in [5.74, 6) is 0.435. The van der Waals surface area contributed by atoms with Crippen LogP contribution in [-0.2, 0) is 6.42 Å². The average molecular weight is 347 g/mol. The van der Waals surface area contributed by atoms with Gasteiger partial charge in [-0.1, -0.05) is 41.9 Å². The number of pyridine rings is 1. The molecule has 0 saturated carbocycles. The van der Waals surface area contributed by atoms with E-state index in [-0.39, 0.29) is 0 Å². The zero-order valence-corrected chi connectivity index (χ0v) is 14.1. The normalized spacial score (nSPS) is 10.9. The second-order valence-electron chi connectivity index (χ2n) is 5.80. The van der Waals surface area contributed by atoms with Crippen molar-refractivity contribution >= 4 is 28.2 Å². The molecule has 0 radical (unpaired) electrons. The molecule has 0 bridgehead atoms. The van der Waals surface area contributed by atoms with Gasteiger partial charge in [0.1, 0.15) is 0 Å². The van der Waals surface area contributed by atoms with E-state index in [1.54, 1.807) is 12.4 Å². The Labute approximate surface area is 150 Å². The monoisotopic (exact) mass is 346 g/mol. The number of halogens is 1. The van der Waals surface area contributed by atoms with E-state index in [4.69, 9.17) is 17.3 Å². The van der Waals surface area contributed by atoms with Crippen LogP contribution in [0.15, 0.2) is 67.0 Å². The molecule has 5 heteroatoms. The molecule has 122 valence electrons. The number of nitrogen functional groups attached to an aromatic ring is 1. The molecule has 2 aromatic heterocycles. The van der Waals surface area contributed by atoms with Gasteiger partial charge < -0.3 is 5.73 Å². The summed E-state index contributed by atoms with van der Waals surface area (Å²) in [5.41, 5.74) is 10.2. The van der Waals surface area contributed by atoms with Crippen molar-refractivity contribution in [1.29, 1.82) is 0 Å². The zero-order chi connectivity index (χ0) is 17.2. The topological polar surface area (TPSA) is 64.7 Å². The summed E-state index contributed by atoms with van der Waals surface area (Å²) in [6.07, 6.45) is 4.22. The fourth-order valence-corrected chi connectivity index (χ4v) is 3.11. The van der Waals surface area contributed by atoms with Gasteiger partial charge in [0, 0.05) is 34.6 Å². The van der Waals surface area contributed by atoms with E-state index >= 15 is 0 Å². The van der Waals surface area contributed by atoms with E-state index in [2.05, 4.69) is 21.2 Å². The van der Waals surface area contributed by atoms with Gasteiger partial charge in [0.05, 0.1) is 5.69 Å². The minimum Gasteiger partial charge on any atom is -0.382 e. The Kier molecular flexibility index (Phi) is 4.04. The van der Waals surface area contributed by atoms with Gasteiger partial charge in [0.15, 0.2) is 5.82 Å². The first kappa shape index (κ1) is 15.5. The van der Waals surface area contributed by atoms with E-state index in [9.17, 15) is 0 Å². The lowest BCUT2D eigenvalue weighted by molar-refractivity contribution is 0.963. The highest BCUT2D eigenvalue weighted by Crippen LogP contribution is 2.33. The summed E-state index contributed by atoms with van der Waals surface area (Å²) in [4.78, 5) is 4.07. The number of aromatic nitrogens is 3. The van der Waals surface area contributed by atoms with E-state index in [1.165, 1.54) is 0 Å².